The number of carbonyl (C=O) groups excluding carboxylic acids is 3. The number of para-hydroxylation sites is 1. The molecule has 0 saturated heterocycles. The number of amides is 3. The van der Waals surface area contributed by atoms with Crippen LogP contribution in [-0.2, 0) is 9.59 Å². The molecule has 0 saturated carbocycles. The zero-order valence-electron chi connectivity index (χ0n) is 19.2. The molecule has 3 aromatic carbocycles. The molecule has 3 amide bonds. The SMILES string of the molecule is COc1ccc(NC(=O)c2ccc(NC3=C(Cl)C(=O)N(c4ccccc4C)C3=O)cc2)c(OC)c1. The highest BCUT2D eigenvalue weighted by atomic mass is 35.5. The minimum absolute atomic E-state index is 0.0277. The molecule has 0 spiro atoms. The van der Waals surface area contributed by atoms with Crippen LogP contribution in [0.1, 0.15) is 15.9 Å². The molecular formula is C26H22ClN3O5. The summed E-state index contributed by atoms with van der Waals surface area (Å²) in [7, 11) is 3.04. The summed E-state index contributed by atoms with van der Waals surface area (Å²) in [4.78, 5) is 39.4. The average Bonchev–Trinajstić information content (AvgIpc) is 3.08. The van der Waals surface area contributed by atoms with Crippen molar-refractivity contribution in [3.05, 3.63) is 88.6 Å². The summed E-state index contributed by atoms with van der Waals surface area (Å²) >= 11 is 6.21. The first-order valence-electron chi connectivity index (χ1n) is 10.6. The summed E-state index contributed by atoms with van der Waals surface area (Å²) in [5, 5.41) is 5.50. The molecule has 1 heterocycles. The Morgan fingerprint density at radius 3 is 2.29 bits per heavy atom. The second kappa shape index (κ2) is 9.90. The number of aryl methyl sites for hydroxylation is 1. The maximum Gasteiger partial charge on any atom is 0.283 e. The minimum Gasteiger partial charge on any atom is -0.497 e. The van der Waals surface area contributed by atoms with Gasteiger partial charge in [0.05, 0.1) is 25.6 Å². The van der Waals surface area contributed by atoms with Gasteiger partial charge in [-0.25, -0.2) is 4.90 Å². The first kappa shape index (κ1) is 23.8. The van der Waals surface area contributed by atoms with Crippen molar-refractivity contribution in [1.82, 2.24) is 0 Å². The van der Waals surface area contributed by atoms with Crippen molar-refractivity contribution in [3.63, 3.8) is 0 Å². The first-order valence-corrected chi connectivity index (χ1v) is 11.0. The van der Waals surface area contributed by atoms with E-state index in [2.05, 4.69) is 10.6 Å². The molecule has 0 aliphatic carbocycles. The Labute approximate surface area is 207 Å². The summed E-state index contributed by atoms with van der Waals surface area (Å²) in [6, 6.07) is 18.5. The van der Waals surface area contributed by atoms with Crippen LogP contribution >= 0.6 is 11.6 Å². The molecule has 1 aliphatic rings. The van der Waals surface area contributed by atoms with E-state index in [4.69, 9.17) is 21.1 Å². The standard InChI is InChI=1S/C26H22ClN3O5/c1-15-6-4-5-7-20(15)30-25(32)22(27)23(26(30)33)28-17-10-8-16(9-11-17)24(31)29-19-13-12-18(34-2)14-21(19)35-3/h4-14,28H,1-3H3,(H,29,31). The van der Waals surface area contributed by atoms with E-state index in [9.17, 15) is 14.4 Å². The van der Waals surface area contributed by atoms with Gasteiger partial charge in [-0.2, -0.15) is 0 Å². The summed E-state index contributed by atoms with van der Waals surface area (Å²) in [6.07, 6.45) is 0. The fourth-order valence-electron chi connectivity index (χ4n) is 3.59. The number of benzene rings is 3. The molecule has 0 atom stereocenters. The molecule has 0 fully saturated rings. The Bertz CT molecular complexity index is 1350. The van der Waals surface area contributed by atoms with Crippen molar-refractivity contribution < 1.29 is 23.9 Å². The Morgan fingerprint density at radius 2 is 1.63 bits per heavy atom. The smallest absolute Gasteiger partial charge is 0.283 e. The predicted molar refractivity (Wildman–Crippen MR) is 134 cm³/mol. The van der Waals surface area contributed by atoms with E-state index < -0.39 is 11.8 Å². The zero-order chi connectivity index (χ0) is 25.1. The van der Waals surface area contributed by atoms with Gasteiger partial charge in [-0.15, -0.1) is 0 Å². The lowest BCUT2D eigenvalue weighted by atomic mass is 10.1. The lowest BCUT2D eigenvalue weighted by Gasteiger charge is -2.17. The zero-order valence-corrected chi connectivity index (χ0v) is 20.0. The second-order valence-corrected chi connectivity index (χ2v) is 8.02. The van der Waals surface area contributed by atoms with E-state index in [-0.39, 0.29) is 16.6 Å². The van der Waals surface area contributed by atoms with Gasteiger partial charge in [0.2, 0.25) is 0 Å². The van der Waals surface area contributed by atoms with Gasteiger partial charge < -0.3 is 20.1 Å². The molecule has 0 radical (unpaired) electrons. The van der Waals surface area contributed by atoms with Crippen molar-refractivity contribution in [2.45, 2.75) is 6.92 Å². The highest BCUT2D eigenvalue weighted by Gasteiger charge is 2.39. The third-order valence-corrected chi connectivity index (χ3v) is 5.81. The lowest BCUT2D eigenvalue weighted by molar-refractivity contribution is -0.120. The highest BCUT2D eigenvalue weighted by Crippen LogP contribution is 2.32. The predicted octanol–water partition coefficient (Wildman–Crippen LogP) is 4.70. The molecule has 178 valence electrons. The monoisotopic (exact) mass is 491 g/mol. The molecule has 1 aliphatic heterocycles. The molecule has 8 nitrogen and oxygen atoms in total. The minimum atomic E-state index is -0.599. The van der Waals surface area contributed by atoms with E-state index >= 15 is 0 Å². The molecule has 35 heavy (non-hydrogen) atoms. The quantitative estimate of drug-likeness (QED) is 0.465. The average molecular weight is 492 g/mol. The van der Waals surface area contributed by atoms with Crippen molar-refractivity contribution in [2.24, 2.45) is 0 Å². The normalized spacial score (nSPS) is 13.2. The van der Waals surface area contributed by atoms with Crippen molar-refractivity contribution in [2.75, 3.05) is 29.8 Å². The highest BCUT2D eigenvalue weighted by molar-refractivity contribution is 6.53. The largest absolute Gasteiger partial charge is 0.497 e. The van der Waals surface area contributed by atoms with Crippen molar-refractivity contribution in [1.29, 1.82) is 0 Å². The van der Waals surface area contributed by atoms with Crippen LogP contribution in [0.15, 0.2) is 77.5 Å². The number of halogens is 1. The number of rotatable bonds is 7. The van der Waals surface area contributed by atoms with Crippen LogP contribution in [-0.4, -0.2) is 31.9 Å². The van der Waals surface area contributed by atoms with Gasteiger partial charge in [-0.3, -0.25) is 14.4 Å². The van der Waals surface area contributed by atoms with E-state index in [1.54, 1.807) is 74.7 Å². The lowest BCUT2D eigenvalue weighted by Crippen LogP contribution is -2.32. The summed E-state index contributed by atoms with van der Waals surface area (Å²) in [6.45, 7) is 1.81. The van der Waals surface area contributed by atoms with Gasteiger partial charge in [0.25, 0.3) is 17.7 Å². The summed E-state index contributed by atoms with van der Waals surface area (Å²) in [5.74, 6) is -0.444. The van der Waals surface area contributed by atoms with Gasteiger partial charge in [0.15, 0.2) is 0 Å². The van der Waals surface area contributed by atoms with Crippen LogP contribution in [0.4, 0.5) is 17.1 Å². The van der Waals surface area contributed by atoms with Crippen LogP contribution < -0.4 is 25.0 Å². The molecule has 0 aromatic heterocycles. The topological polar surface area (TPSA) is 97.0 Å². The fourth-order valence-corrected chi connectivity index (χ4v) is 3.80. The number of anilines is 3. The number of nitrogens with zero attached hydrogens (tertiary/aromatic N) is 1. The van der Waals surface area contributed by atoms with Crippen molar-refractivity contribution >= 4 is 46.4 Å². The molecule has 4 rings (SSSR count). The van der Waals surface area contributed by atoms with Gasteiger partial charge >= 0.3 is 0 Å². The third-order valence-electron chi connectivity index (χ3n) is 5.46. The fraction of sp³-hybridized carbons (Fsp3) is 0.115. The summed E-state index contributed by atoms with van der Waals surface area (Å²) < 4.78 is 10.5. The van der Waals surface area contributed by atoms with E-state index in [1.165, 1.54) is 7.11 Å². The number of ether oxygens (including phenoxy) is 2. The molecular weight excluding hydrogens is 470 g/mol. The van der Waals surface area contributed by atoms with E-state index in [0.29, 0.717) is 34.1 Å². The third kappa shape index (κ3) is 4.69. The Morgan fingerprint density at radius 1 is 0.914 bits per heavy atom. The molecule has 3 aromatic rings. The first-order chi connectivity index (χ1) is 16.8. The van der Waals surface area contributed by atoms with Gasteiger partial charge in [-0.05, 0) is 55.0 Å². The van der Waals surface area contributed by atoms with Crippen LogP contribution in [0.3, 0.4) is 0 Å². The maximum atomic E-state index is 13.0. The molecule has 9 heteroatoms. The van der Waals surface area contributed by atoms with Gasteiger partial charge in [-0.1, -0.05) is 29.8 Å². The van der Waals surface area contributed by atoms with Crippen LogP contribution in [0.25, 0.3) is 0 Å². The Hall–Kier alpha value is -4.30. The number of hydrogen-bond acceptors (Lipinski definition) is 6. The van der Waals surface area contributed by atoms with Gasteiger partial charge in [0.1, 0.15) is 22.2 Å². The second-order valence-electron chi connectivity index (χ2n) is 7.64. The van der Waals surface area contributed by atoms with Crippen LogP contribution in [0.2, 0.25) is 0 Å². The molecule has 0 bridgehead atoms. The number of methoxy groups -OCH3 is 2. The maximum absolute atomic E-state index is 13.0. The number of nitrogens with one attached hydrogen (secondary N) is 2. The van der Waals surface area contributed by atoms with E-state index in [0.717, 1.165) is 10.5 Å². The van der Waals surface area contributed by atoms with E-state index in [1.807, 2.05) is 6.07 Å². The van der Waals surface area contributed by atoms with Crippen LogP contribution in [0, 0.1) is 6.92 Å². The number of hydrogen-bond donors (Lipinski definition) is 2. The molecule has 0 unspecified atom stereocenters. The van der Waals surface area contributed by atoms with Crippen LogP contribution in [0.5, 0.6) is 11.5 Å². The Kier molecular flexibility index (Phi) is 6.75. The molecule has 2 N–H and O–H groups in total. The summed E-state index contributed by atoms with van der Waals surface area (Å²) in [5.41, 5.74) is 2.57. The van der Waals surface area contributed by atoms with Gasteiger partial charge in [0, 0.05) is 17.3 Å². The van der Waals surface area contributed by atoms with Crippen molar-refractivity contribution in [3.8, 4) is 11.5 Å². The number of imide groups is 1. The number of carbonyl (C=O) groups is 3. The Balaban J connectivity index is 1.49.